The van der Waals surface area contributed by atoms with E-state index >= 15 is 0 Å². The Kier molecular flexibility index (Phi) is 3.51. The van der Waals surface area contributed by atoms with Crippen LogP contribution in [0.1, 0.15) is 29.6 Å². The Balaban J connectivity index is 1.91. The summed E-state index contributed by atoms with van der Waals surface area (Å²) >= 11 is 0. The summed E-state index contributed by atoms with van der Waals surface area (Å²) in [4.78, 5) is 11.9. The van der Waals surface area contributed by atoms with E-state index in [2.05, 4.69) is 0 Å². The third-order valence-electron chi connectivity index (χ3n) is 2.91. The van der Waals surface area contributed by atoms with Gasteiger partial charge in [0.15, 0.2) is 5.78 Å². The lowest BCUT2D eigenvalue weighted by atomic mass is 9.92. The van der Waals surface area contributed by atoms with E-state index in [9.17, 15) is 4.79 Å². The van der Waals surface area contributed by atoms with Crippen LogP contribution >= 0.6 is 0 Å². The van der Waals surface area contributed by atoms with Gasteiger partial charge in [-0.25, -0.2) is 0 Å². The lowest BCUT2D eigenvalue weighted by molar-refractivity contribution is 0.0601. The van der Waals surface area contributed by atoms with E-state index in [4.69, 9.17) is 4.74 Å². The van der Waals surface area contributed by atoms with Gasteiger partial charge in [-0.3, -0.25) is 4.79 Å². The predicted molar refractivity (Wildman–Crippen MR) is 58.9 cm³/mol. The molecule has 1 saturated heterocycles. The molecule has 1 heterocycles. The van der Waals surface area contributed by atoms with Gasteiger partial charge in [0.05, 0.1) is 0 Å². The summed E-state index contributed by atoms with van der Waals surface area (Å²) in [5.41, 5.74) is 0.837. The quantitative estimate of drug-likeness (QED) is 0.707. The molecule has 1 aromatic carbocycles. The molecule has 0 atom stereocenters. The van der Waals surface area contributed by atoms with Gasteiger partial charge in [0.1, 0.15) is 0 Å². The molecule has 1 aliphatic heterocycles. The number of hydrogen-bond donors (Lipinski definition) is 0. The molecule has 1 aromatic rings. The van der Waals surface area contributed by atoms with Gasteiger partial charge >= 0.3 is 0 Å². The topological polar surface area (TPSA) is 26.3 Å². The van der Waals surface area contributed by atoms with Crippen molar-refractivity contribution in [1.29, 1.82) is 0 Å². The fraction of sp³-hybridized carbons (Fsp3) is 0.462. The first-order valence-corrected chi connectivity index (χ1v) is 5.52. The van der Waals surface area contributed by atoms with Crippen molar-refractivity contribution in [3.05, 3.63) is 35.9 Å². The summed E-state index contributed by atoms with van der Waals surface area (Å²) in [6.45, 7) is 1.62. The molecule has 0 saturated carbocycles. The number of carbonyl (C=O) groups excluding carboxylic acids is 1. The van der Waals surface area contributed by atoms with E-state index in [0.717, 1.165) is 31.6 Å². The number of ether oxygens (including phenoxy) is 1. The van der Waals surface area contributed by atoms with Crippen LogP contribution in [0.4, 0.5) is 0 Å². The number of rotatable bonds is 3. The molecule has 1 aliphatic rings. The Morgan fingerprint density at radius 1 is 1.20 bits per heavy atom. The SMILES string of the molecule is O=C(CC1CCOCC1)c1ccccc1. The molecule has 0 N–H and O–H groups in total. The summed E-state index contributed by atoms with van der Waals surface area (Å²) in [6.07, 6.45) is 2.73. The highest BCUT2D eigenvalue weighted by atomic mass is 16.5. The van der Waals surface area contributed by atoms with Gasteiger partial charge in [0, 0.05) is 25.2 Å². The van der Waals surface area contributed by atoms with Crippen LogP contribution in [0, 0.1) is 5.92 Å². The summed E-state index contributed by atoms with van der Waals surface area (Å²) in [5.74, 6) is 0.786. The maximum atomic E-state index is 11.9. The Bertz CT molecular complexity index is 313. The van der Waals surface area contributed by atoms with E-state index in [0.29, 0.717) is 12.3 Å². The number of carbonyl (C=O) groups is 1. The first-order valence-electron chi connectivity index (χ1n) is 5.52. The van der Waals surface area contributed by atoms with Crippen LogP contribution < -0.4 is 0 Å². The highest BCUT2D eigenvalue weighted by Crippen LogP contribution is 2.20. The number of Topliss-reactive ketones (excluding diaryl/α,β-unsaturated/α-hetero) is 1. The zero-order valence-electron chi connectivity index (χ0n) is 8.82. The first-order chi connectivity index (χ1) is 7.36. The molecule has 15 heavy (non-hydrogen) atoms. The van der Waals surface area contributed by atoms with Gasteiger partial charge in [-0.1, -0.05) is 30.3 Å². The zero-order valence-corrected chi connectivity index (χ0v) is 8.82. The maximum Gasteiger partial charge on any atom is 0.163 e. The van der Waals surface area contributed by atoms with Crippen molar-refractivity contribution in [2.45, 2.75) is 19.3 Å². The fourth-order valence-corrected chi connectivity index (χ4v) is 1.95. The molecule has 80 valence electrons. The minimum atomic E-state index is 0.266. The van der Waals surface area contributed by atoms with Crippen LogP contribution in [0.2, 0.25) is 0 Å². The Morgan fingerprint density at radius 3 is 2.53 bits per heavy atom. The Morgan fingerprint density at radius 2 is 1.87 bits per heavy atom. The third-order valence-corrected chi connectivity index (χ3v) is 2.91. The van der Waals surface area contributed by atoms with Gasteiger partial charge in [-0.15, -0.1) is 0 Å². The van der Waals surface area contributed by atoms with Crippen molar-refractivity contribution >= 4 is 5.78 Å². The van der Waals surface area contributed by atoms with E-state index in [1.165, 1.54) is 0 Å². The highest BCUT2D eigenvalue weighted by Gasteiger charge is 2.17. The van der Waals surface area contributed by atoms with Crippen LogP contribution in [0.25, 0.3) is 0 Å². The van der Waals surface area contributed by atoms with Gasteiger partial charge < -0.3 is 4.74 Å². The summed E-state index contributed by atoms with van der Waals surface area (Å²) < 4.78 is 5.28. The van der Waals surface area contributed by atoms with Crippen molar-refractivity contribution in [3.8, 4) is 0 Å². The molecule has 2 heteroatoms. The molecule has 0 spiro atoms. The standard InChI is InChI=1S/C13H16O2/c14-13(12-4-2-1-3-5-12)10-11-6-8-15-9-7-11/h1-5,11H,6-10H2. The van der Waals surface area contributed by atoms with Crippen LogP contribution in [0.3, 0.4) is 0 Å². The molecule has 2 nitrogen and oxygen atoms in total. The second-order valence-corrected chi connectivity index (χ2v) is 4.05. The molecule has 2 rings (SSSR count). The second-order valence-electron chi connectivity index (χ2n) is 4.05. The molecular weight excluding hydrogens is 188 g/mol. The van der Waals surface area contributed by atoms with Crippen molar-refractivity contribution in [2.24, 2.45) is 5.92 Å². The van der Waals surface area contributed by atoms with Crippen molar-refractivity contribution in [1.82, 2.24) is 0 Å². The van der Waals surface area contributed by atoms with Gasteiger partial charge in [0.2, 0.25) is 0 Å². The molecule has 0 amide bonds. The predicted octanol–water partition coefficient (Wildman–Crippen LogP) is 2.69. The summed E-state index contributed by atoms with van der Waals surface area (Å²) in [6, 6.07) is 9.54. The molecule has 0 bridgehead atoms. The summed E-state index contributed by atoms with van der Waals surface area (Å²) in [5, 5.41) is 0. The Labute approximate surface area is 90.3 Å². The highest BCUT2D eigenvalue weighted by molar-refractivity contribution is 5.96. The Hall–Kier alpha value is -1.15. The second kappa shape index (κ2) is 5.08. The van der Waals surface area contributed by atoms with E-state index in [1.807, 2.05) is 30.3 Å². The average Bonchev–Trinajstić information content (AvgIpc) is 2.31. The maximum absolute atomic E-state index is 11.9. The van der Waals surface area contributed by atoms with Crippen LogP contribution in [0.15, 0.2) is 30.3 Å². The molecule has 0 aromatic heterocycles. The van der Waals surface area contributed by atoms with E-state index in [1.54, 1.807) is 0 Å². The average molecular weight is 204 g/mol. The van der Waals surface area contributed by atoms with Gasteiger partial charge in [-0.05, 0) is 18.8 Å². The first kappa shape index (κ1) is 10.4. The van der Waals surface area contributed by atoms with E-state index in [-0.39, 0.29) is 5.78 Å². The van der Waals surface area contributed by atoms with Crippen molar-refractivity contribution < 1.29 is 9.53 Å². The zero-order chi connectivity index (χ0) is 10.5. The lowest BCUT2D eigenvalue weighted by Crippen LogP contribution is -2.18. The largest absolute Gasteiger partial charge is 0.381 e. The monoisotopic (exact) mass is 204 g/mol. The lowest BCUT2D eigenvalue weighted by Gasteiger charge is -2.21. The van der Waals surface area contributed by atoms with Crippen molar-refractivity contribution in [2.75, 3.05) is 13.2 Å². The smallest absolute Gasteiger partial charge is 0.163 e. The van der Waals surface area contributed by atoms with Crippen molar-refractivity contribution in [3.63, 3.8) is 0 Å². The van der Waals surface area contributed by atoms with Crippen LogP contribution in [0.5, 0.6) is 0 Å². The normalized spacial score (nSPS) is 17.6. The summed E-state index contributed by atoms with van der Waals surface area (Å²) in [7, 11) is 0. The minimum Gasteiger partial charge on any atom is -0.381 e. The molecule has 1 fully saturated rings. The fourth-order valence-electron chi connectivity index (χ4n) is 1.95. The minimum absolute atomic E-state index is 0.266. The number of ketones is 1. The van der Waals surface area contributed by atoms with Crippen LogP contribution in [-0.4, -0.2) is 19.0 Å². The molecule has 0 aliphatic carbocycles. The van der Waals surface area contributed by atoms with Gasteiger partial charge in [0.25, 0.3) is 0 Å². The molecular formula is C13H16O2. The number of benzene rings is 1. The van der Waals surface area contributed by atoms with Gasteiger partial charge in [-0.2, -0.15) is 0 Å². The molecule has 0 unspecified atom stereocenters. The van der Waals surface area contributed by atoms with E-state index < -0.39 is 0 Å². The van der Waals surface area contributed by atoms with Crippen LogP contribution in [-0.2, 0) is 4.74 Å². The number of hydrogen-bond acceptors (Lipinski definition) is 2. The third kappa shape index (κ3) is 2.90. The molecule has 0 radical (unpaired) electrons.